The Hall–Kier alpha value is -2.90. The molecule has 0 aliphatic rings. The second-order valence-electron chi connectivity index (χ2n) is 4.04. The molecule has 2 rings (SSSR count). The minimum atomic E-state index is -0.427. The molecular weight excluding hydrogens is 274 g/mol. The molecule has 8 nitrogen and oxygen atoms in total. The summed E-state index contributed by atoms with van der Waals surface area (Å²) in [5.74, 6) is 0.450. The lowest BCUT2D eigenvalue weighted by Gasteiger charge is -2.06. The molecule has 0 bridgehead atoms. The molecule has 0 unspecified atom stereocenters. The first-order valence-corrected chi connectivity index (χ1v) is 6.23. The lowest BCUT2D eigenvalue weighted by molar-refractivity contribution is -0.145. The Bertz CT molecular complexity index is 586. The summed E-state index contributed by atoms with van der Waals surface area (Å²) in [6.45, 7) is 0.116. The summed E-state index contributed by atoms with van der Waals surface area (Å²) in [5, 5.41) is 0. The first-order chi connectivity index (χ1) is 10.1. The third-order valence-electron chi connectivity index (χ3n) is 2.40. The van der Waals surface area contributed by atoms with Crippen molar-refractivity contribution in [1.29, 1.82) is 0 Å². The SMILES string of the molecule is Nc1nc(N)nc(COC(=O)CCOc2ccccc2)n1. The Morgan fingerprint density at radius 2 is 1.71 bits per heavy atom. The van der Waals surface area contributed by atoms with Crippen LogP contribution in [0, 0.1) is 0 Å². The number of ether oxygens (including phenoxy) is 2. The fourth-order valence-electron chi connectivity index (χ4n) is 1.51. The second kappa shape index (κ2) is 7.04. The third kappa shape index (κ3) is 4.94. The lowest BCUT2D eigenvalue weighted by atomic mass is 10.3. The molecular formula is C13H15N5O3. The van der Waals surface area contributed by atoms with Gasteiger partial charge in [-0.3, -0.25) is 4.79 Å². The average molecular weight is 289 g/mol. The lowest BCUT2D eigenvalue weighted by Crippen LogP contribution is -2.13. The molecule has 1 aromatic carbocycles. The summed E-state index contributed by atoms with van der Waals surface area (Å²) in [5.41, 5.74) is 10.8. The van der Waals surface area contributed by atoms with Gasteiger partial charge in [0.05, 0.1) is 13.0 Å². The first kappa shape index (κ1) is 14.5. The van der Waals surface area contributed by atoms with Gasteiger partial charge in [-0.2, -0.15) is 15.0 Å². The molecule has 0 fully saturated rings. The molecule has 0 atom stereocenters. The van der Waals surface area contributed by atoms with Crippen LogP contribution in [0.25, 0.3) is 0 Å². The minimum absolute atomic E-state index is 0.0130. The van der Waals surface area contributed by atoms with Gasteiger partial charge in [-0.05, 0) is 12.1 Å². The van der Waals surface area contributed by atoms with E-state index in [-0.39, 0.29) is 37.4 Å². The molecule has 0 radical (unpaired) electrons. The van der Waals surface area contributed by atoms with Gasteiger partial charge in [0.2, 0.25) is 11.9 Å². The van der Waals surface area contributed by atoms with Crippen LogP contribution in [-0.4, -0.2) is 27.5 Å². The fraction of sp³-hybridized carbons (Fsp3) is 0.231. The maximum Gasteiger partial charge on any atom is 0.309 e. The van der Waals surface area contributed by atoms with E-state index in [0.29, 0.717) is 5.75 Å². The van der Waals surface area contributed by atoms with Gasteiger partial charge in [0.15, 0.2) is 12.4 Å². The number of carbonyl (C=O) groups is 1. The molecule has 110 valence electrons. The maximum atomic E-state index is 11.5. The number of nitrogens with zero attached hydrogens (tertiary/aromatic N) is 3. The number of esters is 1. The average Bonchev–Trinajstić information content (AvgIpc) is 2.45. The van der Waals surface area contributed by atoms with E-state index in [4.69, 9.17) is 20.9 Å². The molecule has 8 heteroatoms. The van der Waals surface area contributed by atoms with Crippen LogP contribution < -0.4 is 16.2 Å². The van der Waals surface area contributed by atoms with Crippen molar-refractivity contribution in [2.24, 2.45) is 0 Å². The molecule has 0 amide bonds. The molecule has 0 aliphatic heterocycles. The number of nitrogens with two attached hydrogens (primary N) is 2. The number of benzene rings is 1. The van der Waals surface area contributed by atoms with Crippen LogP contribution in [0.1, 0.15) is 12.2 Å². The minimum Gasteiger partial charge on any atom is -0.493 e. The van der Waals surface area contributed by atoms with Gasteiger partial charge >= 0.3 is 5.97 Å². The summed E-state index contributed by atoms with van der Waals surface area (Å²) in [7, 11) is 0. The van der Waals surface area contributed by atoms with Crippen LogP contribution >= 0.6 is 0 Å². The van der Waals surface area contributed by atoms with Crippen LogP contribution in [0.2, 0.25) is 0 Å². The van der Waals surface area contributed by atoms with Crippen LogP contribution in [0.5, 0.6) is 5.75 Å². The van der Waals surface area contributed by atoms with Gasteiger partial charge < -0.3 is 20.9 Å². The zero-order valence-corrected chi connectivity index (χ0v) is 11.2. The number of hydrogen-bond donors (Lipinski definition) is 2. The molecule has 1 aromatic heterocycles. The molecule has 2 aromatic rings. The number of nitrogen functional groups attached to an aromatic ring is 2. The Kier molecular flexibility index (Phi) is 4.86. The van der Waals surface area contributed by atoms with Gasteiger partial charge in [-0.25, -0.2) is 0 Å². The smallest absolute Gasteiger partial charge is 0.309 e. The Balaban J connectivity index is 1.72. The zero-order valence-electron chi connectivity index (χ0n) is 11.2. The van der Waals surface area contributed by atoms with E-state index in [1.54, 1.807) is 0 Å². The number of hydrogen-bond acceptors (Lipinski definition) is 8. The standard InChI is InChI=1S/C13H15N5O3/c14-12-16-10(17-13(15)18-12)8-21-11(19)6-7-20-9-4-2-1-3-5-9/h1-5H,6-8H2,(H4,14,15,16,17,18). The van der Waals surface area contributed by atoms with Crippen molar-refractivity contribution in [2.75, 3.05) is 18.1 Å². The van der Waals surface area contributed by atoms with E-state index in [1.165, 1.54) is 0 Å². The fourth-order valence-corrected chi connectivity index (χ4v) is 1.51. The summed E-state index contributed by atoms with van der Waals surface area (Å²) in [4.78, 5) is 22.8. The van der Waals surface area contributed by atoms with Crippen molar-refractivity contribution >= 4 is 17.9 Å². The quantitative estimate of drug-likeness (QED) is 0.738. The highest BCUT2D eigenvalue weighted by Crippen LogP contribution is 2.08. The van der Waals surface area contributed by atoms with Gasteiger partial charge in [0.1, 0.15) is 5.75 Å². The number of rotatable bonds is 6. The largest absolute Gasteiger partial charge is 0.493 e. The van der Waals surface area contributed by atoms with Gasteiger partial charge in [-0.15, -0.1) is 0 Å². The number of anilines is 2. The number of aromatic nitrogens is 3. The van der Waals surface area contributed by atoms with E-state index < -0.39 is 5.97 Å². The third-order valence-corrected chi connectivity index (χ3v) is 2.40. The molecule has 0 aliphatic carbocycles. The number of carbonyl (C=O) groups excluding carboxylic acids is 1. The van der Waals surface area contributed by atoms with E-state index >= 15 is 0 Å². The molecule has 0 saturated heterocycles. The molecule has 0 spiro atoms. The van der Waals surface area contributed by atoms with Crippen molar-refractivity contribution in [3.8, 4) is 5.75 Å². The van der Waals surface area contributed by atoms with Crippen LogP contribution in [-0.2, 0) is 16.1 Å². The summed E-state index contributed by atoms with van der Waals surface area (Å²) >= 11 is 0. The summed E-state index contributed by atoms with van der Waals surface area (Å²) in [6, 6.07) is 9.20. The van der Waals surface area contributed by atoms with Gasteiger partial charge in [-0.1, -0.05) is 18.2 Å². The highest BCUT2D eigenvalue weighted by molar-refractivity contribution is 5.69. The van der Waals surface area contributed by atoms with Crippen LogP contribution in [0.15, 0.2) is 30.3 Å². The van der Waals surface area contributed by atoms with E-state index in [9.17, 15) is 4.79 Å². The first-order valence-electron chi connectivity index (χ1n) is 6.23. The van der Waals surface area contributed by atoms with E-state index in [0.717, 1.165) is 0 Å². The molecule has 4 N–H and O–H groups in total. The Morgan fingerprint density at radius 1 is 1.05 bits per heavy atom. The van der Waals surface area contributed by atoms with E-state index in [2.05, 4.69) is 15.0 Å². The normalized spacial score (nSPS) is 10.1. The Morgan fingerprint density at radius 3 is 2.38 bits per heavy atom. The Labute approximate surface area is 121 Å². The summed E-state index contributed by atoms with van der Waals surface area (Å²) in [6.07, 6.45) is 0.116. The highest BCUT2D eigenvalue weighted by atomic mass is 16.5. The molecule has 0 saturated carbocycles. The van der Waals surface area contributed by atoms with Gasteiger partial charge in [0.25, 0.3) is 0 Å². The van der Waals surface area contributed by atoms with Crippen LogP contribution in [0.3, 0.4) is 0 Å². The predicted octanol–water partition coefficient (Wildman–Crippen LogP) is 0.548. The van der Waals surface area contributed by atoms with Crippen molar-refractivity contribution in [2.45, 2.75) is 13.0 Å². The van der Waals surface area contributed by atoms with Crippen molar-refractivity contribution < 1.29 is 14.3 Å². The second-order valence-corrected chi connectivity index (χ2v) is 4.04. The van der Waals surface area contributed by atoms with Crippen LogP contribution in [0.4, 0.5) is 11.9 Å². The van der Waals surface area contributed by atoms with Crippen molar-refractivity contribution in [3.63, 3.8) is 0 Å². The summed E-state index contributed by atoms with van der Waals surface area (Å²) < 4.78 is 10.4. The topological polar surface area (TPSA) is 126 Å². The van der Waals surface area contributed by atoms with Crippen molar-refractivity contribution in [1.82, 2.24) is 15.0 Å². The van der Waals surface area contributed by atoms with Crippen molar-refractivity contribution in [3.05, 3.63) is 36.2 Å². The zero-order chi connectivity index (χ0) is 15.1. The maximum absolute atomic E-state index is 11.5. The highest BCUT2D eigenvalue weighted by Gasteiger charge is 2.07. The predicted molar refractivity (Wildman–Crippen MR) is 75.0 cm³/mol. The van der Waals surface area contributed by atoms with Gasteiger partial charge in [0, 0.05) is 0 Å². The molecule has 21 heavy (non-hydrogen) atoms. The van der Waals surface area contributed by atoms with E-state index in [1.807, 2.05) is 30.3 Å². The number of para-hydroxylation sites is 1. The monoisotopic (exact) mass is 289 g/mol. The molecule has 1 heterocycles.